The molecule has 0 aliphatic heterocycles. The highest BCUT2D eigenvalue weighted by molar-refractivity contribution is 6.32. The Morgan fingerprint density at radius 3 is 2.68 bits per heavy atom. The van der Waals surface area contributed by atoms with E-state index in [1.165, 1.54) is 7.11 Å². The maximum Gasteiger partial charge on any atom is 0.241 e. The molecule has 3 N–H and O–H groups in total. The first-order valence-electron chi connectivity index (χ1n) is 7.57. The molecule has 2 aromatic rings. The maximum atomic E-state index is 12.2. The first kappa shape index (κ1) is 18.7. The lowest BCUT2D eigenvalue weighted by molar-refractivity contribution is -0.118. The van der Waals surface area contributed by atoms with Gasteiger partial charge in [-0.2, -0.15) is 0 Å². The minimum atomic E-state index is -0.569. The number of carbonyl (C=O) groups is 2. The third-order valence-electron chi connectivity index (χ3n) is 3.33. The van der Waals surface area contributed by atoms with Crippen LogP contribution in [-0.4, -0.2) is 36.5 Å². The van der Waals surface area contributed by atoms with Crippen molar-refractivity contribution in [1.82, 2.24) is 10.3 Å². The van der Waals surface area contributed by atoms with Gasteiger partial charge in [0, 0.05) is 11.9 Å². The summed E-state index contributed by atoms with van der Waals surface area (Å²) in [5.74, 6) is -0.0199. The fourth-order valence-corrected chi connectivity index (χ4v) is 2.23. The highest BCUT2D eigenvalue weighted by Crippen LogP contribution is 2.27. The number of methoxy groups -OCH3 is 1. The lowest BCUT2D eigenvalue weighted by Crippen LogP contribution is -2.41. The summed E-state index contributed by atoms with van der Waals surface area (Å²) in [4.78, 5) is 27.9. The van der Waals surface area contributed by atoms with Crippen LogP contribution in [-0.2, 0) is 9.59 Å². The number of ether oxygens (including phenoxy) is 1. The number of rotatable bonds is 7. The molecule has 132 valence electrons. The van der Waals surface area contributed by atoms with E-state index in [2.05, 4.69) is 20.9 Å². The number of amides is 2. The van der Waals surface area contributed by atoms with E-state index in [9.17, 15) is 9.59 Å². The molecule has 1 unspecified atom stereocenters. The molecule has 2 amide bonds. The largest absolute Gasteiger partial charge is 0.495 e. The first-order chi connectivity index (χ1) is 12.0. The second-order valence-corrected chi connectivity index (χ2v) is 5.64. The second kappa shape index (κ2) is 9.00. The molecule has 0 radical (unpaired) electrons. The Kier molecular flexibility index (Phi) is 6.73. The molecule has 7 nitrogen and oxygen atoms in total. The van der Waals surface area contributed by atoms with E-state index in [4.69, 9.17) is 16.3 Å². The highest BCUT2D eigenvalue weighted by Gasteiger charge is 2.14. The Morgan fingerprint density at radius 2 is 2.04 bits per heavy atom. The molecule has 0 bridgehead atoms. The summed E-state index contributed by atoms with van der Waals surface area (Å²) in [7, 11) is 1.52. The smallest absolute Gasteiger partial charge is 0.241 e. The van der Waals surface area contributed by atoms with Crippen molar-refractivity contribution in [1.29, 1.82) is 0 Å². The van der Waals surface area contributed by atoms with Gasteiger partial charge in [0.25, 0.3) is 0 Å². The van der Waals surface area contributed by atoms with Crippen molar-refractivity contribution in [3.8, 4) is 5.75 Å². The fourth-order valence-electron chi connectivity index (χ4n) is 1.98. The van der Waals surface area contributed by atoms with Gasteiger partial charge in [0.05, 0.1) is 36.6 Å². The van der Waals surface area contributed by atoms with Gasteiger partial charge in [-0.1, -0.05) is 11.6 Å². The molecule has 0 spiro atoms. The topological polar surface area (TPSA) is 92.4 Å². The van der Waals surface area contributed by atoms with Gasteiger partial charge >= 0.3 is 0 Å². The second-order valence-electron chi connectivity index (χ2n) is 5.23. The summed E-state index contributed by atoms with van der Waals surface area (Å²) in [5.41, 5.74) is 1.14. The van der Waals surface area contributed by atoms with Crippen LogP contribution in [0.3, 0.4) is 0 Å². The number of anilines is 2. The third-order valence-corrected chi connectivity index (χ3v) is 3.62. The number of pyridine rings is 1. The van der Waals surface area contributed by atoms with Gasteiger partial charge < -0.3 is 15.4 Å². The summed E-state index contributed by atoms with van der Waals surface area (Å²) >= 11 is 6.02. The van der Waals surface area contributed by atoms with E-state index in [1.54, 1.807) is 49.6 Å². The number of nitrogens with zero attached hydrogens (tertiary/aromatic N) is 1. The Hall–Kier alpha value is -2.64. The average Bonchev–Trinajstić information content (AvgIpc) is 2.60. The number of halogens is 1. The molecular weight excluding hydrogens is 344 g/mol. The minimum absolute atomic E-state index is 0.00709. The molecular formula is C17H19ClN4O3. The summed E-state index contributed by atoms with van der Waals surface area (Å²) in [6, 6.07) is 7.83. The number of carbonyl (C=O) groups excluding carboxylic acids is 2. The van der Waals surface area contributed by atoms with Crippen molar-refractivity contribution in [2.45, 2.75) is 13.0 Å². The van der Waals surface area contributed by atoms with Crippen LogP contribution in [0, 0.1) is 0 Å². The summed E-state index contributed by atoms with van der Waals surface area (Å²) in [5, 5.41) is 8.66. The third kappa shape index (κ3) is 5.74. The number of hydrogen-bond donors (Lipinski definition) is 3. The number of aromatic nitrogens is 1. The molecule has 8 heteroatoms. The van der Waals surface area contributed by atoms with E-state index >= 15 is 0 Å². The quantitative estimate of drug-likeness (QED) is 0.702. The predicted octanol–water partition coefficient (Wildman–Crippen LogP) is 2.30. The van der Waals surface area contributed by atoms with Gasteiger partial charge in [-0.05, 0) is 37.3 Å². The van der Waals surface area contributed by atoms with Gasteiger partial charge in [0.2, 0.25) is 11.8 Å². The lowest BCUT2D eigenvalue weighted by Gasteiger charge is -2.14. The zero-order valence-electron chi connectivity index (χ0n) is 13.9. The highest BCUT2D eigenvalue weighted by atomic mass is 35.5. The molecule has 1 aromatic carbocycles. The number of benzene rings is 1. The van der Waals surface area contributed by atoms with Gasteiger partial charge in [0.1, 0.15) is 5.75 Å². The number of nitrogens with one attached hydrogen (secondary N) is 3. The molecule has 25 heavy (non-hydrogen) atoms. The van der Waals surface area contributed by atoms with E-state index in [-0.39, 0.29) is 18.4 Å². The van der Waals surface area contributed by atoms with Crippen LogP contribution < -0.4 is 20.7 Å². The van der Waals surface area contributed by atoms with Crippen molar-refractivity contribution < 1.29 is 14.3 Å². The van der Waals surface area contributed by atoms with Crippen molar-refractivity contribution in [2.24, 2.45) is 0 Å². The van der Waals surface area contributed by atoms with Crippen LogP contribution in [0.5, 0.6) is 5.75 Å². The van der Waals surface area contributed by atoms with Crippen LogP contribution in [0.2, 0.25) is 5.02 Å². The Labute approximate surface area is 150 Å². The molecule has 1 atom stereocenters. The van der Waals surface area contributed by atoms with Gasteiger partial charge in [-0.25, -0.2) is 0 Å². The van der Waals surface area contributed by atoms with Crippen LogP contribution in [0.15, 0.2) is 42.7 Å². The molecule has 2 rings (SSSR count). The number of hydrogen-bond acceptors (Lipinski definition) is 5. The maximum absolute atomic E-state index is 12.2. The van der Waals surface area contributed by atoms with Crippen molar-refractivity contribution in [2.75, 3.05) is 24.3 Å². The predicted molar refractivity (Wildman–Crippen MR) is 97.0 cm³/mol. The zero-order chi connectivity index (χ0) is 18.2. The van der Waals surface area contributed by atoms with E-state index in [1.807, 2.05) is 0 Å². The lowest BCUT2D eigenvalue weighted by atomic mass is 10.2. The molecule has 0 aliphatic rings. The molecule has 0 fully saturated rings. The minimum Gasteiger partial charge on any atom is -0.495 e. The van der Waals surface area contributed by atoms with Crippen LogP contribution in [0.25, 0.3) is 0 Å². The summed E-state index contributed by atoms with van der Waals surface area (Å²) in [6.45, 7) is 1.66. The van der Waals surface area contributed by atoms with Crippen molar-refractivity contribution >= 4 is 34.8 Å². The van der Waals surface area contributed by atoms with Gasteiger partial charge in [0.15, 0.2) is 0 Å². The van der Waals surface area contributed by atoms with E-state index < -0.39 is 6.04 Å². The van der Waals surface area contributed by atoms with Crippen molar-refractivity contribution in [3.63, 3.8) is 0 Å². The SMILES string of the molecule is COc1ccc(NC(=O)C(C)NCC(=O)Nc2cccnc2)cc1Cl. The normalized spacial score (nSPS) is 11.5. The van der Waals surface area contributed by atoms with Gasteiger partial charge in [-0.3, -0.25) is 19.9 Å². The standard InChI is InChI=1S/C17H19ClN4O3/c1-11(20-10-16(23)21-13-4-3-7-19-9-13)17(24)22-12-5-6-15(25-2)14(18)8-12/h3-9,11,20H,10H2,1-2H3,(H,21,23)(H,22,24). The van der Waals surface area contributed by atoms with Crippen LogP contribution in [0.4, 0.5) is 11.4 Å². The molecule has 0 aliphatic carbocycles. The first-order valence-corrected chi connectivity index (χ1v) is 7.95. The molecule has 0 saturated heterocycles. The molecule has 1 aromatic heterocycles. The zero-order valence-corrected chi connectivity index (χ0v) is 14.6. The van der Waals surface area contributed by atoms with Gasteiger partial charge in [-0.15, -0.1) is 0 Å². The monoisotopic (exact) mass is 362 g/mol. The van der Waals surface area contributed by atoms with Crippen LogP contribution in [0.1, 0.15) is 6.92 Å². The van der Waals surface area contributed by atoms with Crippen molar-refractivity contribution in [3.05, 3.63) is 47.7 Å². The van der Waals surface area contributed by atoms with E-state index in [0.717, 1.165) is 0 Å². The summed E-state index contributed by atoms with van der Waals surface area (Å²) < 4.78 is 5.06. The Bertz CT molecular complexity index is 740. The molecule has 0 saturated carbocycles. The fraction of sp³-hybridized carbons (Fsp3) is 0.235. The van der Waals surface area contributed by atoms with Crippen LogP contribution >= 0.6 is 11.6 Å². The average molecular weight is 363 g/mol. The van der Waals surface area contributed by atoms with E-state index in [0.29, 0.717) is 22.1 Å². The Balaban J connectivity index is 1.81. The molecule has 1 heterocycles. The Morgan fingerprint density at radius 1 is 1.24 bits per heavy atom. The summed E-state index contributed by atoms with van der Waals surface area (Å²) in [6.07, 6.45) is 3.16.